The summed E-state index contributed by atoms with van der Waals surface area (Å²) in [5, 5.41) is 28.2. The van der Waals surface area contributed by atoms with E-state index in [9.17, 15) is 14.9 Å². The lowest BCUT2D eigenvalue weighted by Crippen LogP contribution is -2.06. The molecular weight excluding hydrogens is 236 g/mol. The molecule has 0 amide bonds. The molecule has 0 saturated carbocycles. The number of carboxylic acids is 1. The van der Waals surface area contributed by atoms with Crippen molar-refractivity contribution in [3.05, 3.63) is 38.9 Å². The number of nitro groups is 1. The zero-order valence-corrected chi connectivity index (χ0v) is 8.56. The minimum absolute atomic E-state index is 0.0323. The molecule has 82 valence electrons. The van der Waals surface area contributed by atoms with Crippen molar-refractivity contribution in [2.24, 2.45) is 0 Å². The van der Waals surface area contributed by atoms with E-state index in [0.717, 1.165) is 6.07 Å². The average Bonchev–Trinajstić information content (AvgIpc) is 2.26. The predicted molar refractivity (Wildman–Crippen MR) is 54.3 cm³/mol. The maximum Gasteiger partial charge on any atom is 0.344 e. The molecule has 6 nitrogen and oxygen atoms in total. The van der Waals surface area contributed by atoms with Crippen LogP contribution in [0.1, 0.15) is 21.5 Å². The van der Waals surface area contributed by atoms with Gasteiger partial charge in [-0.05, 0) is 11.6 Å². The van der Waals surface area contributed by atoms with Crippen LogP contribution in [0.25, 0.3) is 0 Å². The Labute approximate surface area is 94.8 Å². The van der Waals surface area contributed by atoms with Crippen LogP contribution in [0.2, 0.25) is 0 Å². The molecule has 0 spiro atoms. The summed E-state index contributed by atoms with van der Waals surface area (Å²) in [6, 6.07) is 3.88. The highest BCUT2D eigenvalue weighted by molar-refractivity contribution is 6.17. The van der Waals surface area contributed by atoms with E-state index >= 15 is 0 Å². The summed E-state index contributed by atoms with van der Waals surface area (Å²) in [6.07, 6.45) is 0. The fourth-order valence-electron chi connectivity index (χ4n) is 1.22. The smallest absolute Gasteiger partial charge is 0.344 e. The van der Waals surface area contributed by atoms with Crippen LogP contribution in [0.3, 0.4) is 0 Å². The predicted octanol–water partition coefficient (Wildman–Crippen LogP) is 1.90. The molecule has 0 aromatic heterocycles. The van der Waals surface area contributed by atoms with Crippen molar-refractivity contribution in [1.29, 1.82) is 5.26 Å². The standard InChI is InChI=1S/C9H5ClN2O4/c10-3-5-1-6(4-11)8(9(13)14)7(2-5)12(15)16/h1-2H,3H2,(H,13,14). The second-order valence-electron chi connectivity index (χ2n) is 2.85. The quantitative estimate of drug-likeness (QED) is 0.494. The molecule has 0 aliphatic heterocycles. The Morgan fingerprint density at radius 3 is 2.62 bits per heavy atom. The molecule has 0 radical (unpaired) electrons. The highest BCUT2D eigenvalue weighted by Crippen LogP contribution is 2.25. The fraction of sp³-hybridized carbons (Fsp3) is 0.111. The van der Waals surface area contributed by atoms with E-state index in [0.29, 0.717) is 5.56 Å². The van der Waals surface area contributed by atoms with Crippen LogP contribution in [0, 0.1) is 21.4 Å². The maximum atomic E-state index is 10.8. The number of carboxylic acid groups (broad SMARTS) is 1. The number of halogens is 1. The van der Waals surface area contributed by atoms with Gasteiger partial charge in [0.2, 0.25) is 0 Å². The number of alkyl halides is 1. The monoisotopic (exact) mass is 240 g/mol. The largest absolute Gasteiger partial charge is 0.477 e. The van der Waals surface area contributed by atoms with Gasteiger partial charge in [0.1, 0.15) is 6.07 Å². The van der Waals surface area contributed by atoms with Gasteiger partial charge >= 0.3 is 5.97 Å². The van der Waals surface area contributed by atoms with Gasteiger partial charge in [-0.15, -0.1) is 11.6 Å². The molecule has 0 atom stereocenters. The van der Waals surface area contributed by atoms with E-state index in [1.54, 1.807) is 6.07 Å². The molecule has 1 aromatic carbocycles. The van der Waals surface area contributed by atoms with E-state index in [1.165, 1.54) is 6.07 Å². The first kappa shape index (κ1) is 11.9. The summed E-state index contributed by atoms with van der Waals surface area (Å²) in [7, 11) is 0. The van der Waals surface area contributed by atoms with E-state index in [-0.39, 0.29) is 11.4 Å². The minimum atomic E-state index is -1.51. The molecule has 0 unspecified atom stereocenters. The normalized spacial score (nSPS) is 9.50. The first-order valence-electron chi connectivity index (χ1n) is 4.02. The number of nitro benzene ring substituents is 1. The lowest BCUT2D eigenvalue weighted by atomic mass is 10.0. The van der Waals surface area contributed by atoms with Gasteiger partial charge in [0.05, 0.1) is 10.5 Å². The Balaban J connectivity index is 3.62. The fourth-order valence-corrected chi connectivity index (χ4v) is 1.37. The third-order valence-corrected chi connectivity index (χ3v) is 2.17. The lowest BCUT2D eigenvalue weighted by molar-refractivity contribution is -0.385. The number of hydrogen-bond donors (Lipinski definition) is 1. The maximum absolute atomic E-state index is 10.8. The van der Waals surface area contributed by atoms with Gasteiger partial charge in [-0.25, -0.2) is 4.79 Å². The zero-order valence-electron chi connectivity index (χ0n) is 7.81. The highest BCUT2D eigenvalue weighted by atomic mass is 35.5. The highest BCUT2D eigenvalue weighted by Gasteiger charge is 2.24. The van der Waals surface area contributed by atoms with E-state index < -0.39 is 22.1 Å². The number of nitrogens with zero attached hydrogens (tertiary/aromatic N) is 2. The Hall–Kier alpha value is -2.13. The molecule has 0 saturated heterocycles. The molecular formula is C9H5ClN2O4. The first-order chi connectivity index (χ1) is 7.51. The third-order valence-electron chi connectivity index (χ3n) is 1.86. The van der Waals surface area contributed by atoms with Gasteiger partial charge < -0.3 is 5.11 Å². The van der Waals surface area contributed by atoms with Crippen LogP contribution in [0.15, 0.2) is 12.1 Å². The molecule has 1 N–H and O–H groups in total. The van der Waals surface area contributed by atoms with Gasteiger partial charge in [-0.2, -0.15) is 5.26 Å². The molecule has 0 aliphatic carbocycles. The SMILES string of the molecule is N#Cc1cc(CCl)cc([N+](=O)[O-])c1C(=O)O. The van der Waals surface area contributed by atoms with Gasteiger partial charge in [0.25, 0.3) is 5.69 Å². The number of benzene rings is 1. The third kappa shape index (κ3) is 2.10. The molecule has 0 aliphatic rings. The van der Waals surface area contributed by atoms with Crippen LogP contribution in [-0.2, 0) is 5.88 Å². The molecule has 0 fully saturated rings. The summed E-state index contributed by atoms with van der Waals surface area (Å²) in [4.78, 5) is 20.6. The second-order valence-corrected chi connectivity index (χ2v) is 3.11. The van der Waals surface area contributed by atoms with E-state index in [1.807, 2.05) is 0 Å². The topological polar surface area (TPSA) is 104 Å². The van der Waals surface area contributed by atoms with E-state index in [4.69, 9.17) is 22.0 Å². The van der Waals surface area contributed by atoms with E-state index in [2.05, 4.69) is 0 Å². The van der Waals surface area contributed by atoms with Crippen molar-refractivity contribution in [2.45, 2.75) is 5.88 Å². The van der Waals surface area contributed by atoms with Crippen molar-refractivity contribution in [2.75, 3.05) is 0 Å². The molecule has 7 heteroatoms. The Morgan fingerprint density at radius 2 is 2.25 bits per heavy atom. The second kappa shape index (κ2) is 4.59. The van der Waals surface area contributed by atoms with Gasteiger partial charge in [0.15, 0.2) is 5.56 Å². The van der Waals surface area contributed by atoms with Gasteiger partial charge in [-0.3, -0.25) is 10.1 Å². The summed E-state index contributed by atoms with van der Waals surface area (Å²) >= 11 is 5.49. The first-order valence-corrected chi connectivity index (χ1v) is 4.55. The van der Waals surface area contributed by atoms with Crippen LogP contribution >= 0.6 is 11.6 Å². The van der Waals surface area contributed by atoms with Crippen LogP contribution in [-0.4, -0.2) is 16.0 Å². The van der Waals surface area contributed by atoms with Crippen molar-refractivity contribution in [1.82, 2.24) is 0 Å². The van der Waals surface area contributed by atoms with Crippen molar-refractivity contribution in [3.63, 3.8) is 0 Å². The average molecular weight is 241 g/mol. The zero-order chi connectivity index (χ0) is 12.3. The molecule has 1 rings (SSSR count). The van der Waals surface area contributed by atoms with Crippen LogP contribution < -0.4 is 0 Å². The number of carbonyl (C=O) groups is 1. The molecule has 0 heterocycles. The summed E-state index contributed by atoms with van der Waals surface area (Å²) in [5.74, 6) is -1.54. The lowest BCUT2D eigenvalue weighted by Gasteiger charge is -2.02. The van der Waals surface area contributed by atoms with Gasteiger partial charge in [0, 0.05) is 11.9 Å². The number of rotatable bonds is 3. The number of nitriles is 1. The summed E-state index contributed by atoms with van der Waals surface area (Å²) < 4.78 is 0. The Bertz CT molecular complexity index is 507. The summed E-state index contributed by atoms with van der Waals surface area (Å²) in [5.41, 5.74) is -1.17. The molecule has 16 heavy (non-hydrogen) atoms. The molecule has 1 aromatic rings. The summed E-state index contributed by atoms with van der Waals surface area (Å²) in [6.45, 7) is 0. The van der Waals surface area contributed by atoms with Crippen molar-refractivity contribution in [3.8, 4) is 6.07 Å². The minimum Gasteiger partial charge on any atom is -0.477 e. The Morgan fingerprint density at radius 1 is 1.62 bits per heavy atom. The van der Waals surface area contributed by atoms with Gasteiger partial charge in [-0.1, -0.05) is 0 Å². The van der Waals surface area contributed by atoms with Crippen molar-refractivity contribution >= 4 is 23.3 Å². The Kier molecular flexibility index (Phi) is 3.43. The van der Waals surface area contributed by atoms with Crippen LogP contribution in [0.4, 0.5) is 5.69 Å². The molecule has 0 bridgehead atoms. The number of aromatic carboxylic acids is 1. The van der Waals surface area contributed by atoms with Crippen molar-refractivity contribution < 1.29 is 14.8 Å². The number of hydrogen-bond acceptors (Lipinski definition) is 4. The van der Waals surface area contributed by atoms with Crippen LogP contribution in [0.5, 0.6) is 0 Å².